The Morgan fingerprint density at radius 3 is 2.88 bits per heavy atom. The first-order valence-electron chi connectivity index (χ1n) is 6.66. The summed E-state index contributed by atoms with van der Waals surface area (Å²) in [5.41, 5.74) is 0. The zero-order valence-corrected chi connectivity index (χ0v) is 11.6. The normalized spacial score (nSPS) is 22.9. The summed E-state index contributed by atoms with van der Waals surface area (Å²) in [5, 5.41) is 9.29. The fraction of sp³-hybridized carbons (Fsp3) is 1.00. The second-order valence-electron chi connectivity index (χ2n) is 5.19. The average molecular weight is 245 g/mol. The van der Waals surface area contributed by atoms with Crippen LogP contribution in [0.3, 0.4) is 0 Å². The van der Waals surface area contributed by atoms with E-state index in [0.29, 0.717) is 12.6 Å². The van der Waals surface area contributed by atoms with Gasteiger partial charge in [0.25, 0.3) is 0 Å². The van der Waals surface area contributed by atoms with E-state index in [9.17, 15) is 5.11 Å². The van der Waals surface area contributed by atoms with E-state index in [0.717, 1.165) is 5.92 Å². The van der Waals surface area contributed by atoms with Gasteiger partial charge >= 0.3 is 0 Å². The molecular formula is C13H27NOS. The number of likely N-dealkylation sites (tertiary alicyclic amines) is 1. The van der Waals surface area contributed by atoms with Crippen LogP contribution in [-0.2, 0) is 0 Å². The van der Waals surface area contributed by atoms with Crippen LogP contribution in [0.1, 0.15) is 39.5 Å². The van der Waals surface area contributed by atoms with E-state index in [1.54, 1.807) is 0 Å². The minimum atomic E-state index is 0.346. The molecule has 3 heteroatoms. The van der Waals surface area contributed by atoms with Crippen LogP contribution in [0.5, 0.6) is 0 Å². The Bertz CT molecular complexity index is 175. The molecule has 1 saturated heterocycles. The van der Waals surface area contributed by atoms with Crippen molar-refractivity contribution in [3.05, 3.63) is 0 Å². The molecule has 1 N–H and O–H groups in total. The van der Waals surface area contributed by atoms with Gasteiger partial charge in [-0.05, 0) is 49.8 Å². The Balaban J connectivity index is 2.06. The number of nitrogens with zero attached hydrogens (tertiary/aromatic N) is 1. The van der Waals surface area contributed by atoms with Crippen molar-refractivity contribution in [3.63, 3.8) is 0 Å². The van der Waals surface area contributed by atoms with Gasteiger partial charge in [-0.15, -0.1) is 0 Å². The lowest BCUT2D eigenvalue weighted by molar-refractivity contribution is 0.0907. The Kier molecular flexibility index (Phi) is 7.50. The Hall–Kier alpha value is 0.270. The summed E-state index contributed by atoms with van der Waals surface area (Å²) in [7, 11) is 0. The monoisotopic (exact) mass is 245 g/mol. The number of aliphatic hydroxyl groups excluding tert-OH is 1. The molecule has 0 aromatic carbocycles. The molecule has 16 heavy (non-hydrogen) atoms. The summed E-state index contributed by atoms with van der Waals surface area (Å²) in [4.78, 5) is 2.49. The Morgan fingerprint density at radius 2 is 2.19 bits per heavy atom. The Morgan fingerprint density at radius 1 is 1.38 bits per heavy atom. The van der Waals surface area contributed by atoms with Gasteiger partial charge in [0.15, 0.2) is 0 Å². The van der Waals surface area contributed by atoms with Gasteiger partial charge in [0.1, 0.15) is 0 Å². The molecule has 1 heterocycles. The molecule has 1 fully saturated rings. The van der Waals surface area contributed by atoms with Gasteiger partial charge in [-0.25, -0.2) is 0 Å². The molecule has 1 atom stereocenters. The predicted molar refractivity (Wildman–Crippen MR) is 73.1 cm³/mol. The summed E-state index contributed by atoms with van der Waals surface area (Å²) in [6.45, 7) is 7.27. The zero-order chi connectivity index (χ0) is 11.8. The minimum Gasteiger partial charge on any atom is -0.395 e. The highest BCUT2D eigenvalue weighted by atomic mass is 32.2. The molecule has 1 aliphatic heterocycles. The summed E-state index contributed by atoms with van der Waals surface area (Å²) < 4.78 is 0. The predicted octanol–water partition coefficient (Wildman–Crippen LogP) is 2.61. The molecule has 0 bridgehead atoms. The van der Waals surface area contributed by atoms with Gasteiger partial charge in [0, 0.05) is 6.04 Å². The van der Waals surface area contributed by atoms with Crippen LogP contribution < -0.4 is 0 Å². The van der Waals surface area contributed by atoms with Crippen LogP contribution >= 0.6 is 11.8 Å². The molecule has 96 valence electrons. The van der Waals surface area contributed by atoms with Crippen molar-refractivity contribution in [2.24, 2.45) is 5.92 Å². The van der Waals surface area contributed by atoms with Gasteiger partial charge in [0.05, 0.1) is 6.61 Å². The van der Waals surface area contributed by atoms with Crippen molar-refractivity contribution in [1.82, 2.24) is 4.90 Å². The maximum atomic E-state index is 9.29. The molecule has 0 saturated carbocycles. The molecule has 1 rings (SSSR count). The van der Waals surface area contributed by atoms with Crippen LogP contribution in [0.25, 0.3) is 0 Å². The van der Waals surface area contributed by atoms with Crippen LogP contribution in [-0.4, -0.2) is 47.3 Å². The maximum Gasteiger partial charge on any atom is 0.0586 e. The van der Waals surface area contributed by atoms with Crippen molar-refractivity contribution >= 4 is 11.8 Å². The first-order chi connectivity index (χ1) is 7.74. The van der Waals surface area contributed by atoms with E-state index >= 15 is 0 Å². The van der Waals surface area contributed by atoms with Gasteiger partial charge in [-0.2, -0.15) is 11.8 Å². The molecule has 2 nitrogen and oxygen atoms in total. The van der Waals surface area contributed by atoms with Crippen LogP contribution in [0.4, 0.5) is 0 Å². The SMILES string of the molecule is CC(C)CSCCCN1CCCC[C@@H]1CO. The van der Waals surface area contributed by atoms with Crippen LogP contribution in [0, 0.1) is 5.92 Å². The quantitative estimate of drug-likeness (QED) is 0.698. The fourth-order valence-electron chi connectivity index (χ4n) is 2.25. The second-order valence-corrected chi connectivity index (χ2v) is 6.34. The number of rotatable bonds is 7. The Labute approximate surface area is 105 Å². The van der Waals surface area contributed by atoms with E-state index < -0.39 is 0 Å². The fourth-order valence-corrected chi connectivity index (χ4v) is 3.22. The van der Waals surface area contributed by atoms with Crippen molar-refractivity contribution in [2.45, 2.75) is 45.6 Å². The lowest BCUT2D eigenvalue weighted by Crippen LogP contribution is -2.42. The molecule has 0 aliphatic carbocycles. The average Bonchev–Trinajstić information content (AvgIpc) is 2.29. The highest BCUT2D eigenvalue weighted by molar-refractivity contribution is 7.99. The first kappa shape index (κ1) is 14.3. The number of aliphatic hydroxyl groups is 1. The number of thioether (sulfide) groups is 1. The highest BCUT2D eigenvalue weighted by Gasteiger charge is 2.20. The maximum absolute atomic E-state index is 9.29. The van der Waals surface area contributed by atoms with Gasteiger partial charge < -0.3 is 5.11 Å². The molecule has 0 amide bonds. The summed E-state index contributed by atoms with van der Waals surface area (Å²) in [6, 6.07) is 0.448. The van der Waals surface area contributed by atoms with Gasteiger partial charge in [-0.1, -0.05) is 20.3 Å². The third-order valence-electron chi connectivity index (χ3n) is 3.15. The third kappa shape index (κ3) is 5.55. The van der Waals surface area contributed by atoms with Crippen LogP contribution in [0.2, 0.25) is 0 Å². The molecule has 0 aromatic rings. The summed E-state index contributed by atoms with van der Waals surface area (Å²) >= 11 is 2.07. The zero-order valence-electron chi connectivity index (χ0n) is 10.8. The molecule has 1 aliphatic rings. The van der Waals surface area contributed by atoms with Gasteiger partial charge in [0.2, 0.25) is 0 Å². The van der Waals surface area contributed by atoms with Gasteiger partial charge in [-0.3, -0.25) is 4.90 Å². The number of hydrogen-bond donors (Lipinski definition) is 1. The molecule has 0 aromatic heterocycles. The third-order valence-corrected chi connectivity index (χ3v) is 4.62. The second kappa shape index (κ2) is 8.37. The lowest BCUT2D eigenvalue weighted by atomic mass is 10.0. The molecule has 0 radical (unpaired) electrons. The summed E-state index contributed by atoms with van der Waals surface area (Å²) in [5.74, 6) is 3.36. The minimum absolute atomic E-state index is 0.346. The van der Waals surface area contributed by atoms with Crippen molar-refractivity contribution in [2.75, 3.05) is 31.2 Å². The van der Waals surface area contributed by atoms with E-state index in [-0.39, 0.29) is 0 Å². The smallest absolute Gasteiger partial charge is 0.0586 e. The van der Waals surface area contributed by atoms with E-state index in [2.05, 4.69) is 30.5 Å². The van der Waals surface area contributed by atoms with Crippen LogP contribution in [0.15, 0.2) is 0 Å². The number of hydrogen-bond acceptors (Lipinski definition) is 3. The molecule has 0 unspecified atom stereocenters. The largest absolute Gasteiger partial charge is 0.395 e. The molecular weight excluding hydrogens is 218 g/mol. The van der Waals surface area contributed by atoms with E-state index in [4.69, 9.17) is 0 Å². The van der Waals surface area contributed by atoms with Crippen molar-refractivity contribution < 1.29 is 5.11 Å². The van der Waals surface area contributed by atoms with Crippen molar-refractivity contribution in [1.29, 1.82) is 0 Å². The standard InChI is InChI=1S/C13H27NOS/c1-12(2)11-16-9-5-8-14-7-4-3-6-13(14)10-15/h12-13,15H,3-11H2,1-2H3/t13-/m1/s1. The number of piperidine rings is 1. The highest BCUT2D eigenvalue weighted by Crippen LogP contribution is 2.17. The summed E-state index contributed by atoms with van der Waals surface area (Å²) in [6.07, 6.45) is 5.07. The van der Waals surface area contributed by atoms with E-state index in [1.807, 2.05) is 0 Å². The first-order valence-corrected chi connectivity index (χ1v) is 7.82. The van der Waals surface area contributed by atoms with Crippen molar-refractivity contribution in [3.8, 4) is 0 Å². The topological polar surface area (TPSA) is 23.5 Å². The lowest BCUT2D eigenvalue weighted by Gasteiger charge is -2.34. The molecule has 0 spiro atoms. The van der Waals surface area contributed by atoms with E-state index in [1.165, 1.54) is 50.3 Å².